The van der Waals surface area contributed by atoms with Crippen LogP contribution in [0, 0.1) is 5.41 Å². The van der Waals surface area contributed by atoms with Gasteiger partial charge >= 0.3 is 0 Å². The molecule has 0 amide bonds. The SMILES string of the molecule is CC(C)(O)CCC1=CCCC(C)(C)C1=O. The average molecular weight is 210 g/mol. The molecule has 0 aliphatic heterocycles. The van der Waals surface area contributed by atoms with E-state index in [9.17, 15) is 9.90 Å². The van der Waals surface area contributed by atoms with Gasteiger partial charge in [0, 0.05) is 5.41 Å². The van der Waals surface area contributed by atoms with Crippen molar-refractivity contribution in [2.45, 2.75) is 59.0 Å². The van der Waals surface area contributed by atoms with Crippen molar-refractivity contribution in [2.24, 2.45) is 5.41 Å². The molecule has 0 aromatic carbocycles. The Bertz CT molecular complexity index is 279. The van der Waals surface area contributed by atoms with Crippen molar-refractivity contribution in [2.75, 3.05) is 0 Å². The third-order valence-electron chi connectivity index (χ3n) is 3.07. The topological polar surface area (TPSA) is 37.3 Å². The van der Waals surface area contributed by atoms with Gasteiger partial charge in [-0.05, 0) is 45.1 Å². The highest BCUT2D eigenvalue weighted by molar-refractivity contribution is 6.00. The van der Waals surface area contributed by atoms with E-state index in [1.54, 1.807) is 13.8 Å². The third-order valence-corrected chi connectivity index (χ3v) is 3.07. The van der Waals surface area contributed by atoms with Crippen LogP contribution in [0.2, 0.25) is 0 Å². The van der Waals surface area contributed by atoms with E-state index in [-0.39, 0.29) is 11.2 Å². The van der Waals surface area contributed by atoms with Crippen LogP contribution in [-0.4, -0.2) is 16.5 Å². The lowest BCUT2D eigenvalue weighted by atomic mass is 9.74. The highest BCUT2D eigenvalue weighted by atomic mass is 16.3. The predicted octanol–water partition coefficient (Wildman–Crippen LogP) is 2.85. The van der Waals surface area contributed by atoms with Crippen LogP contribution in [0.25, 0.3) is 0 Å². The highest BCUT2D eigenvalue weighted by Gasteiger charge is 2.32. The first kappa shape index (κ1) is 12.4. The Kier molecular flexibility index (Phi) is 3.39. The number of hydrogen-bond acceptors (Lipinski definition) is 2. The number of allylic oxidation sites excluding steroid dienone is 2. The summed E-state index contributed by atoms with van der Waals surface area (Å²) in [5.41, 5.74) is 0.0280. The van der Waals surface area contributed by atoms with Crippen molar-refractivity contribution < 1.29 is 9.90 Å². The fraction of sp³-hybridized carbons (Fsp3) is 0.769. The molecular weight excluding hydrogens is 188 g/mol. The predicted molar refractivity (Wildman–Crippen MR) is 61.6 cm³/mol. The monoisotopic (exact) mass is 210 g/mol. The summed E-state index contributed by atoms with van der Waals surface area (Å²) in [7, 11) is 0. The lowest BCUT2D eigenvalue weighted by molar-refractivity contribution is -0.124. The number of rotatable bonds is 3. The summed E-state index contributed by atoms with van der Waals surface area (Å²) < 4.78 is 0. The van der Waals surface area contributed by atoms with Gasteiger partial charge in [0.25, 0.3) is 0 Å². The molecule has 0 unspecified atom stereocenters. The van der Waals surface area contributed by atoms with Crippen LogP contribution in [0.4, 0.5) is 0 Å². The molecular formula is C13H22O2. The number of hydrogen-bond donors (Lipinski definition) is 1. The number of Topliss-reactive ketones (excluding diaryl/α,β-unsaturated/α-hetero) is 1. The molecule has 2 nitrogen and oxygen atoms in total. The lowest BCUT2D eigenvalue weighted by Gasteiger charge is -2.29. The molecule has 0 atom stereocenters. The highest BCUT2D eigenvalue weighted by Crippen LogP contribution is 2.34. The van der Waals surface area contributed by atoms with Gasteiger partial charge in [0.15, 0.2) is 5.78 Å². The molecule has 0 aromatic rings. The van der Waals surface area contributed by atoms with Crippen molar-refractivity contribution in [3.8, 4) is 0 Å². The summed E-state index contributed by atoms with van der Waals surface area (Å²) >= 11 is 0. The summed E-state index contributed by atoms with van der Waals surface area (Å²) in [5.74, 6) is 0.262. The Morgan fingerprint density at radius 2 is 2.07 bits per heavy atom. The average Bonchev–Trinajstić information content (AvgIpc) is 2.06. The molecule has 0 fully saturated rings. The molecule has 0 saturated carbocycles. The second kappa shape index (κ2) is 4.09. The maximum Gasteiger partial charge on any atom is 0.164 e. The van der Waals surface area contributed by atoms with Gasteiger partial charge < -0.3 is 5.11 Å². The minimum absolute atomic E-state index is 0.205. The Morgan fingerprint density at radius 1 is 1.47 bits per heavy atom. The summed E-state index contributed by atoms with van der Waals surface area (Å²) in [6, 6.07) is 0. The molecule has 2 heteroatoms. The second-order valence-corrected chi connectivity index (χ2v) is 5.79. The summed E-state index contributed by atoms with van der Waals surface area (Å²) in [6.45, 7) is 7.58. The van der Waals surface area contributed by atoms with Crippen molar-refractivity contribution in [1.29, 1.82) is 0 Å². The van der Waals surface area contributed by atoms with Crippen LogP contribution in [0.1, 0.15) is 53.4 Å². The van der Waals surface area contributed by atoms with Crippen molar-refractivity contribution in [3.05, 3.63) is 11.6 Å². The van der Waals surface area contributed by atoms with Crippen LogP contribution in [0.5, 0.6) is 0 Å². The van der Waals surface area contributed by atoms with E-state index in [0.717, 1.165) is 18.4 Å². The van der Waals surface area contributed by atoms with E-state index in [0.29, 0.717) is 12.8 Å². The maximum atomic E-state index is 12.0. The lowest BCUT2D eigenvalue weighted by Crippen LogP contribution is -2.29. The number of ketones is 1. The molecule has 0 aromatic heterocycles. The van der Waals surface area contributed by atoms with Crippen LogP contribution >= 0.6 is 0 Å². The molecule has 86 valence electrons. The third kappa shape index (κ3) is 3.45. The van der Waals surface area contributed by atoms with E-state index in [4.69, 9.17) is 0 Å². The number of carbonyl (C=O) groups excluding carboxylic acids is 1. The standard InChI is InChI=1S/C13H22O2/c1-12(2)8-5-6-10(11(12)14)7-9-13(3,4)15/h6,15H,5,7-9H2,1-4H3. The van der Waals surface area contributed by atoms with Gasteiger partial charge in [-0.25, -0.2) is 0 Å². The van der Waals surface area contributed by atoms with Crippen molar-refractivity contribution in [3.63, 3.8) is 0 Å². The van der Waals surface area contributed by atoms with Gasteiger partial charge in [-0.1, -0.05) is 19.9 Å². The minimum atomic E-state index is -0.678. The first-order valence-corrected chi connectivity index (χ1v) is 5.69. The van der Waals surface area contributed by atoms with E-state index in [2.05, 4.69) is 0 Å². The van der Waals surface area contributed by atoms with E-state index in [1.807, 2.05) is 19.9 Å². The molecule has 0 radical (unpaired) electrons. The van der Waals surface area contributed by atoms with Crippen molar-refractivity contribution >= 4 is 5.78 Å². The van der Waals surface area contributed by atoms with Crippen LogP contribution < -0.4 is 0 Å². The summed E-state index contributed by atoms with van der Waals surface area (Å²) in [5, 5.41) is 9.63. The molecule has 0 bridgehead atoms. The number of aliphatic hydroxyl groups is 1. The van der Waals surface area contributed by atoms with Gasteiger partial charge in [0.2, 0.25) is 0 Å². The Labute approximate surface area is 92.4 Å². The van der Waals surface area contributed by atoms with Gasteiger partial charge in [0.05, 0.1) is 5.60 Å². The largest absolute Gasteiger partial charge is 0.390 e. The minimum Gasteiger partial charge on any atom is -0.390 e. The quantitative estimate of drug-likeness (QED) is 0.777. The zero-order valence-corrected chi connectivity index (χ0v) is 10.3. The fourth-order valence-electron chi connectivity index (χ4n) is 1.90. The molecule has 0 spiro atoms. The van der Waals surface area contributed by atoms with Gasteiger partial charge in [-0.2, -0.15) is 0 Å². The summed E-state index contributed by atoms with van der Waals surface area (Å²) in [4.78, 5) is 12.0. The van der Waals surface area contributed by atoms with Crippen LogP contribution in [-0.2, 0) is 4.79 Å². The zero-order chi connectivity index (χ0) is 11.7. The van der Waals surface area contributed by atoms with Gasteiger partial charge in [-0.3, -0.25) is 4.79 Å². The first-order valence-electron chi connectivity index (χ1n) is 5.69. The molecule has 1 aliphatic carbocycles. The second-order valence-electron chi connectivity index (χ2n) is 5.79. The molecule has 1 N–H and O–H groups in total. The Morgan fingerprint density at radius 3 is 2.60 bits per heavy atom. The molecule has 0 heterocycles. The van der Waals surface area contributed by atoms with E-state index >= 15 is 0 Å². The normalized spacial score (nSPS) is 21.4. The van der Waals surface area contributed by atoms with E-state index in [1.165, 1.54) is 0 Å². The van der Waals surface area contributed by atoms with Crippen molar-refractivity contribution in [1.82, 2.24) is 0 Å². The molecule has 0 saturated heterocycles. The van der Waals surface area contributed by atoms with Gasteiger partial charge in [-0.15, -0.1) is 0 Å². The molecule has 15 heavy (non-hydrogen) atoms. The Balaban J connectivity index is 2.63. The summed E-state index contributed by atoms with van der Waals surface area (Å²) in [6.07, 6.45) is 5.32. The van der Waals surface area contributed by atoms with Gasteiger partial charge in [0.1, 0.15) is 0 Å². The molecule has 1 rings (SSSR count). The molecule has 1 aliphatic rings. The smallest absolute Gasteiger partial charge is 0.164 e. The maximum absolute atomic E-state index is 12.0. The zero-order valence-electron chi connectivity index (χ0n) is 10.3. The fourth-order valence-corrected chi connectivity index (χ4v) is 1.90. The first-order chi connectivity index (χ1) is 6.72. The Hall–Kier alpha value is -0.630. The number of carbonyl (C=O) groups is 1. The van der Waals surface area contributed by atoms with Crippen LogP contribution in [0.3, 0.4) is 0 Å². The van der Waals surface area contributed by atoms with Crippen LogP contribution in [0.15, 0.2) is 11.6 Å². The van der Waals surface area contributed by atoms with E-state index < -0.39 is 5.60 Å².